The summed E-state index contributed by atoms with van der Waals surface area (Å²) in [7, 11) is 0. The molecule has 0 aromatic heterocycles. The van der Waals surface area contributed by atoms with Crippen LogP contribution in [0.25, 0.3) is 0 Å². The summed E-state index contributed by atoms with van der Waals surface area (Å²) in [6, 6.07) is 0. The lowest BCUT2D eigenvalue weighted by Crippen LogP contribution is -2.22. The van der Waals surface area contributed by atoms with Gasteiger partial charge in [0.15, 0.2) is 0 Å². The first-order chi connectivity index (χ1) is 12.2. The summed E-state index contributed by atoms with van der Waals surface area (Å²) in [6.07, 6.45) is 22.6. The second kappa shape index (κ2) is 19.9. The molecule has 0 amide bonds. The van der Waals surface area contributed by atoms with Gasteiger partial charge in [0.2, 0.25) is 0 Å². The Hall–Kier alpha value is -0.410. The maximum atomic E-state index is 11.4. The molecule has 0 heterocycles. The van der Waals surface area contributed by atoms with Crippen molar-refractivity contribution in [1.29, 1.82) is 0 Å². The summed E-state index contributed by atoms with van der Waals surface area (Å²) < 4.78 is 0. The number of ketones is 1. The molecule has 25 heavy (non-hydrogen) atoms. The van der Waals surface area contributed by atoms with E-state index in [1.807, 2.05) is 0 Å². The van der Waals surface area contributed by atoms with Gasteiger partial charge in [-0.2, -0.15) is 0 Å². The molecule has 0 spiro atoms. The minimum Gasteiger partial charge on any atom is -0.378 e. The SMILES string of the molecule is CCCCCCCCCCCCCCCCCCCC(=O)CC(N)O. The number of hydrogen-bond donors (Lipinski definition) is 2. The summed E-state index contributed by atoms with van der Waals surface area (Å²) in [6.45, 7) is 2.28. The van der Waals surface area contributed by atoms with E-state index in [1.54, 1.807) is 0 Å². The van der Waals surface area contributed by atoms with Crippen LogP contribution < -0.4 is 5.73 Å². The van der Waals surface area contributed by atoms with Gasteiger partial charge in [0.1, 0.15) is 12.0 Å². The minimum absolute atomic E-state index is 0.0935. The maximum absolute atomic E-state index is 11.4. The maximum Gasteiger partial charge on any atom is 0.136 e. The molecular weight excluding hydrogens is 310 g/mol. The van der Waals surface area contributed by atoms with Crippen LogP contribution in [0.2, 0.25) is 0 Å². The van der Waals surface area contributed by atoms with Crippen LogP contribution in [-0.2, 0) is 4.79 Å². The van der Waals surface area contributed by atoms with E-state index in [-0.39, 0.29) is 12.2 Å². The molecule has 3 nitrogen and oxygen atoms in total. The van der Waals surface area contributed by atoms with Crippen molar-refractivity contribution in [2.24, 2.45) is 5.73 Å². The number of carbonyl (C=O) groups excluding carboxylic acids is 1. The van der Waals surface area contributed by atoms with E-state index in [4.69, 9.17) is 10.8 Å². The Morgan fingerprint density at radius 1 is 0.680 bits per heavy atom. The van der Waals surface area contributed by atoms with Crippen molar-refractivity contribution in [3.05, 3.63) is 0 Å². The van der Waals surface area contributed by atoms with Crippen molar-refractivity contribution in [2.75, 3.05) is 0 Å². The second-order valence-corrected chi connectivity index (χ2v) is 7.72. The molecule has 0 aliphatic carbocycles. The van der Waals surface area contributed by atoms with Crippen molar-refractivity contribution in [1.82, 2.24) is 0 Å². The van der Waals surface area contributed by atoms with Crippen LogP contribution in [0.4, 0.5) is 0 Å². The molecule has 3 heteroatoms. The number of aliphatic hydroxyl groups excluding tert-OH is 1. The lowest BCUT2D eigenvalue weighted by Gasteiger charge is -2.04. The van der Waals surface area contributed by atoms with Gasteiger partial charge < -0.3 is 10.8 Å². The largest absolute Gasteiger partial charge is 0.378 e. The number of hydrogen-bond acceptors (Lipinski definition) is 3. The summed E-state index contributed by atoms with van der Waals surface area (Å²) in [5.74, 6) is 0.0935. The van der Waals surface area contributed by atoms with Crippen molar-refractivity contribution in [3.8, 4) is 0 Å². The third-order valence-electron chi connectivity index (χ3n) is 5.00. The third-order valence-corrected chi connectivity index (χ3v) is 5.00. The number of aliphatic hydroxyl groups is 1. The van der Waals surface area contributed by atoms with E-state index in [2.05, 4.69) is 6.92 Å². The summed E-state index contributed by atoms with van der Waals surface area (Å²) in [5.41, 5.74) is 5.19. The van der Waals surface area contributed by atoms with Gasteiger partial charge in [-0.15, -0.1) is 0 Å². The second-order valence-electron chi connectivity index (χ2n) is 7.72. The van der Waals surface area contributed by atoms with Gasteiger partial charge >= 0.3 is 0 Å². The van der Waals surface area contributed by atoms with Crippen LogP contribution in [0.3, 0.4) is 0 Å². The highest BCUT2D eigenvalue weighted by atomic mass is 16.3. The van der Waals surface area contributed by atoms with Crippen molar-refractivity contribution >= 4 is 5.78 Å². The van der Waals surface area contributed by atoms with Crippen molar-refractivity contribution in [3.63, 3.8) is 0 Å². The summed E-state index contributed by atoms with van der Waals surface area (Å²) >= 11 is 0. The fourth-order valence-electron chi connectivity index (χ4n) is 3.38. The molecule has 150 valence electrons. The normalized spacial score (nSPS) is 12.4. The number of nitrogens with two attached hydrogens (primary N) is 1. The summed E-state index contributed by atoms with van der Waals surface area (Å²) in [4.78, 5) is 11.4. The average molecular weight is 356 g/mol. The third kappa shape index (κ3) is 21.5. The minimum atomic E-state index is -0.974. The van der Waals surface area contributed by atoms with Gasteiger partial charge in [0, 0.05) is 12.8 Å². The zero-order valence-corrected chi connectivity index (χ0v) is 16.9. The van der Waals surface area contributed by atoms with Gasteiger partial charge in [-0.25, -0.2) is 0 Å². The van der Waals surface area contributed by atoms with Crippen LogP contribution in [0.5, 0.6) is 0 Å². The number of Topliss-reactive ketones (excluding diaryl/α,β-unsaturated/α-hetero) is 1. The smallest absolute Gasteiger partial charge is 0.136 e. The predicted octanol–water partition coefficient (Wildman–Crippen LogP) is 6.26. The zero-order valence-electron chi connectivity index (χ0n) is 16.9. The monoisotopic (exact) mass is 355 g/mol. The van der Waals surface area contributed by atoms with Gasteiger partial charge in [0.05, 0.1) is 0 Å². The lowest BCUT2D eigenvalue weighted by atomic mass is 10.0. The Morgan fingerprint density at radius 2 is 1.00 bits per heavy atom. The quantitative estimate of drug-likeness (QED) is 0.200. The van der Waals surface area contributed by atoms with Gasteiger partial charge in [0.25, 0.3) is 0 Å². The zero-order chi connectivity index (χ0) is 18.6. The van der Waals surface area contributed by atoms with Crippen LogP contribution >= 0.6 is 0 Å². The van der Waals surface area contributed by atoms with Crippen LogP contribution in [0.15, 0.2) is 0 Å². The molecule has 0 aromatic carbocycles. The highest BCUT2D eigenvalue weighted by Gasteiger charge is 2.05. The van der Waals surface area contributed by atoms with Gasteiger partial charge in [-0.05, 0) is 6.42 Å². The lowest BCUT2D eigenvalue weighted by molar-refractivity contribution is -0.120. The van der Waals surface area contributed by atoms with Gasteiger partial charge in [-0.1, -0.05) is 110 Å². The molecule has 0 fully saturated rings. The molecule has 0 rings (SSSR count). The fraction of sp³-hybridized carbons (Fsp3) is 0.955. The first-order valence-electron chi connectivity index (χ1n) is 11.1. The molecule has 0 saturated heterocycles. The Bertz CT molecular complexity index is 279. The van der Waals surface area contributed by atoms with Crippen molar-refractivity contribution in [2.45, 2.75) is 135 Å². The van der Waals surface area contributed by atoms with E-state index < -0.39 is 6.23 Å². The molecule has 0 aliphatic heterocycles. The fourth-order valence-corrected chi connectivity index (χ4v) is 3.38. The molecule has 0 aliphatic rings. The van der Waals surface area contributed by atoms with Crippen LogP contribution in [0.1, 0.15) is 129 Å². The number of carbonyl (C=O) groups is 1. The first-order valence-corrected chi connectivity index (χ1v) is 11.1. The standard InChI is InChI=1S/C22H45NO2/c1-2-3-4-5-6-7-8-9-10-11-12-13-14-15-16-17-18-19-21(24)20-22(23)25/h22,25H,2-20,23H2,1H3. The Labute approximate surface area is 157 Å². The van der Waals surface area contributed by atoms with E-state index in [0.717, 1.165) is 12.8 Å². The summed E-state index contributed by atoms with van der Waals surface area (Å²) in [5, 5.41) is 8.92. The number of unbranched alkanes of at least 4 members (excludes halogenated alkanes) is 16. The molecule has 0 aromatic rings. The average Bonchev–Trinajstić information content (AvgIpc) is 2.57. The van der Waals surface area contributed by atoms with E-state index >= 15 is 0 Å². The van der Waals surface area contributed by atoms with Crippen molar-refractivity contribution < 1.29 is 9.90 Å². The molecule has 1 unspecified atom stereocenters. The topological polar surface area (TPSA) is 63.3 Å². The highest BCUT2D eigenvalue weighted by molar-refractivity contribution is 5.78. The first kappa shape index (κ1) is 24.6. The van der Waals surface area contributed by atoms with Crippen LogP contribution in [0, 0.1) is 0 Å². The highest BCUT2D eigenvalue weighted by Crippen LogP contribution is 2.14. The molecule has 3 N–H and O–H groups in total. The molecule has 0 saturated carbocycles. The van der Waals surface area contributed by atoms with Gasteiger partial charge in [-0.3, -0.25) is 4.79 Å². The Kier molecular flexibility index (Phi) is 19.6. The van der Waals surface area contributed by atoms with Crippen LogP contribution in [-0.4, -0.2) is 17.1 Å². The molecule has 1 atom stereocenters. The van der Waals surface area contributed by atoms with E-state index in [1.165, 1.54) is 96.3 Å². The molecule has 0 radical (unpaired) electrons. The molecule has 0 bridgehead atoms. The van der Waals surface area contributed by atoms with E-state index in [9.17, 15) is 4.79 Å². The Balaban J connectivity index is 3.06. The van der Waals surface area contributed by atoms with E-state index in [0.29, 0.717) is 6.42 Å². The predicted molar refractivity (Wildman–Crippen MR) is 109 cm³/mol. The molecular formula is C22H45NO2. The Morgan fingerprint density at radius 3 is 1.32 bits per heavy atom. The number of rotatable bonds is 20.